The minimum Gasteiger partial charge on any atom is -0.418 e. The van der Waals surface area contributed by atoms with Crippen molar-refractivity contribution in [2.75, 3.05) is 5.73 Å². The number of aryl methyl sites for hydroxylation is 2. The number of nitrogen functional groups attached to an aromatic ring is 1. The van der Waals surface area contributed by atoms with E-state index in [-0.39, 0.29) is 5.92 Å². The summed E-state index contributed by atoms with van der Waals surface area (Å²) < 4.78 is 7.23. The molecule has 0 amide bonds. The van der Waals surface area contributed by atoms with Crippen LogP contribution in [-0.2, 0) is 19.3 Å². The number of hydrogen-bond donors (Lipinski definition) is 2. The first-order valence-electron chi connectivity index (χ1n) is 9.99. The third-order valence-electron chi connectivity index (χ3n) is 5.82. The number of nitrogens with one attached hydrogen (secondary N) is 1. The molecule has 1 atom stereocenters. The summed E-state index contributed by atoms with van der Waals surface area (Å²) in [5.74, 6) is 1.21. The number of H-pyrrole nitrogens is 1. The topological polar surface area (TPSA) is 76.8 Å². The van der Waals surface area contributed by atoms with Crippen LogP contribution in [0.15, 0.2) is 28.7 Å². The van der Waals surface area contributed by atoms with E-state index in [9.17, 15) is 0 Å². The molecule has 144 valence electrons. The van der Waals surface area contributed by atoms with E-state index < -0.39 is 0 Å². The fourth-order valence-electron chi connectivity index (χ4n) is 4.56. The van der Waals surface area contributed by atoms with Crippen LogP contribution in [0, 0.1) is 0 Å². The van der Waals surface area contributed by atoms with Gasteiger partial charge in [0, 0.05) is 33.0 Å². The summed E-state index contributed by atoms with van der Waals surface area (Å²) in [7, 11) is 0. The van der Waals surface area contributed by atoms with E-state index in [1.54, 1.807) is 0 Å². The summed E-state index contributed by atoms with van der Waals surface area (Å²) in [6, 6.07) is 8.42. The predicted octanol–water partition coefficient (Wildman–Crippen LogP) is 5.27. The van der Waals surface area contributed by atoms with Crippen LogP contribution >= 0.6 is 15.9 Å². The van der Waals surface area contributed by atoms with Gasteiger partial charge in [0.15, 0.2) is 0 Å². The average Bonchev–Trinajstić information content (AvgIpc) is 3.09. The molecule has 0 saturated heterocycles. The van der Waals surface area contributed by atoms with Crippen molar-refractivity contribution in [2.45, 2.75) is 51.4 Å². The fraction of sp³-hybridized carbons (Fsp3) is 0.364. The van der Waals surface area contributed by atoms with Crippen LogP contribution in [0.5, 0.6) is 11.8 Å². The van der Waals surface area contributed by atoms with E-state index in [0.29, 0.717) is 11.8 Å². The minimum absolute atomic E-state index is 0.0312. The number of pyridine rings is 1. The van der Waals surface area contributed by atoms with Gasteiger partial charge in [-0.15, -0.1) is 5.10 Å². The van der Waals surface area contributed by atoms with Crippen molar-refractivity contribution in [1.82, 2.24) is 15.2 Å². The molecule has 5 nitrogen and oxygen atoms in total. The molecule has 0 fully saturated rings. The Balaban J connectivity index is 1.78. The summed E-state index contributed by atoms with van der Waals surface area (Å²) in [6.45, 7) is 2.17. The highest BCUT2D eigenvalue weighted by Gasteiger charge is 2.37. The first-order chi connectivity index (χ1) is 13.7. The van der Waals surface area contributed by atoms with Crippen molar-refractivity contribution in [2.24, 2.45) is 0 Å². The van der Waals surface area contributed by atoms with Gasteiger partial charge >= 0.3 is 0 Å². The Labute approximate surface area is 172 Å². The van der Waals surface area contributed by atoms with Gasteiger partial charge < -0.3 is 10.5 Å². The highest BCUT2D eigenvalue weighted by Crippen LogP contribution is 2.51. The molecular weight excluding hydrogens is 416 g/mol. The molecule has 1 aliphatic heterocycles. The third-order valence-corrected chi connectivity index (χ3v) is 6.31. The maximum Gasteiger partial charge on any atom is 0.244 e. The second-order valence-corrected chi connectivity index (χ2v) is 8.55. The zero-order chi connectivity index (χ0) is 19.3. The second kappa shape index (κ2) is 6.92. The highest BCUT2D eigenvalue weighted by atomic mass is 79.9. The maximum absolute atomic E-state index is 6.78. The van der Waals surface area contributed by atoms with Crippen LogP contribution in [0.4, 0.5) is 5.69 Å². The lowest BCUT2D eigenvalue weighted by atomic mass is 9.80. The molecule has 0 radical (unpaired) electrons. The smallest absolute Gasteiger partial charge is 0.244 e. The number of ether oxygens (including phenoxy) is 1. The van der Waals surface area contributed by atoms with Crippen LogP contribution in [0.2, 0.25) is 0 Å². The van der Waals surface area contributed by atoms with Crippen molar-refractivity contribution >= 4 is 21.6 Å². The molecule has 0 bridgehead atoms. The largest absolute Gasteiger partial charge is 0.418 e. The third kappa shape index (κ3) is 2.73. The van der Waals surface area contributed by atoms with Crippen molar-refractivity contribution in [3.63, 3.8) is 0 Å². The van der Waals surface area contributed by atoms with E-state index in [2.05, 4.69) is 51.3 Å². The maximum atomic E-state index is 6.78. The lowest BCUT2D eigenvalue weighted by Crippen LogP contribution is -2.19. The quantitative estimate of drug-likeness (QED) is 0.456. The molecule has 2 aromatic heterocycles. The van der Waals surface area contributed by atoms with Crippen molar-refractivity contribution in [3.05, 3.63) is 62.4 Å². The summed E-state index contributed by atoms with van der Waals surface area (Å²) >= 11 is 3.63. The number of nitrogens with zero attached hydrogens (tertiary/aromatic N) is 2. The molecule has 1 aliphatic carbocycles. The molecular formula is C22H23BrN4O. The van der Waals surface area contributed by atoms with Gasteiger partial charge in [0.2, 0.25) is 11.8 Å². The van der Waals surface area contributed by atoms with Gasteiger partial charge in [-0.2, -0.15) is 0 Å². The SMILES string of the molecule is CCCc1[nH]nc2c1C(c1cccc(Br)c1)c1c(nc3c(c1N)CCCC3)O2. The summed E-state index contributed by atoms with van der Waals surface area (Å²) in [4.78, 5) is 4.90. The Hall–Kier alpha value is -2.34. The van der Waals surface area contributed by atoms with E-state index in [1.165, 1.54) is 11.1 Å². The first-order valence-corrected chi connectivity index (χ1v) is 10.8. The monoisotopic (exact) mass is 438 g/mol. The van der Waals surface area contributed by atoms with Gasteiger partial charge in [0.05, 0.1) is 5.56 Å². The Morgan fingerprint density at radius 3 is 2.89 bits per heavy atom. The van der Waals surface area contributed by atoms with Crippen LogP contribution in [-0.4, -0.2) is 15.2 Å². The number of halogens is 1. The standard InChI is InChI=1S/C22H23BrN4O/c1-2-6-16-18-17(12-7-5-8-13(23)11-12)19-20(24)14-9-3-4-10-15(14)25-21(19)28-22(18)27-26-16/h5,7-8,11,17H,2-4,6,9-10H2,1H3,(H2,24,25)(H,26,27). The van der Waals surface area contributed by atoms with Crippen molar-refractivity contribution in [3.8, 4) is 11.8 Å². The highest BCUT2D eigenvalue weighted by molar-refractivity contribution is 9.10. The summed E-state index contributed by atoms with van der Waals surface area (Å²) in [6.07, 6.45) is 6.23. The van der Waals surface area contributed by atoms with Gasteiger partial charge in [0.25, 0.3) is 0 Å². The molecule has 5 rings (SSSR count). The number of rotatable bonds is 3. The van der Waals surface area contributed by atoms with Gasteiger partial charge in [0.1, 0.15) is 0 Å². The molecule has 6 heteroatoms. The number of anilines is 1. The van der Waals surface area contributed by atoms with Gasteiger partial charge in [-0.05, 0) is 55.4 Å². The Kier molecular flexibility index (Phi) is 4.38. The number of hydrogen-bond acceptors (Lipinski definition) is 4. The summed E-state index contributed by atoms with van der Waals surface area (Å²) in [5, 5.41) is 7.67. The van der Waals surface area contributed by atoms with E-state index in [0.717, 1.165) is 71.2 Å². The average molecular weight is 439 g/mol. The molecule has 1 aromatic carbocycles. The minimum atomic E-state index is -0.0312. The first kappa shape index (κ1) is 17.7. The lowest BCUT2D eigenvalue weighted by Gasteiger charge is -2.30. The van der Waals surface area contributed by atoms with Gasteiger partial charge in [-0.3, -0.25) is 5.10 Å². The Morgan fingerprint density at radius 1 is 1.21 bits per heavy atom. The van der Waals surface area contributed by atoms with E-state index >= 15 is 0 Å². The molecule has 0 spiro atoms. The van der Waals surface area contributed by atoms with E-state index in [1.807, 2.05) is 6.07 Å². The van der Waals surface area contributed by atoms with Crippen LogP contribution in [0.25, 0.3) is 0 Å². The van der Waals surface area contributed by atoms with Gasteiger partial charge in [-0.1, -0.05) is 41.4 Å². The van der Waals surface area contributed by atoms with Gasteiger partial charge in [-0.25, -0.2) is 4.98 Å². The predicted molar refractivity (Wildman–Crippen MR) is 113 cm³/mol. The fourth-order valence-corrected chi connectivity index (χ4v) is 4.98. The number of aromatic nitrogens is 3. The molecule has 3 aromatic rings. The van der Waals surface area contributed by atoms with Crippen LogP contribution < -0.4 is 10.5 Å². The Morgan fingerprint density at radius 2 is 2.07 bits per heavy atom. The molecule has 28 heavy (non-hydrogen) atoms. The molecule has 3 heterocycles. The number of benzene rings is 1. The second-order valence-electron chi connectivity index (χ2n) is 7.64. The van der Waals surface area contributed by atoms with Crippen LogP contribution in [0.1, 0.15) is 65.7 Å². The zero-order valence-corrected chi connectivity index (χ0v) is 17.5. The Bertz CT molecular complexity index is 1060. The zero-order valence-electron chi connectivity index (χ0n) is 15.9. The van der Waals surface area contributed by atoms with Crippen molar-refractivity contribution in [1.29, 1.82) is 0 Å². The lowest BCUT2D eigenvalue weighted by molar-refractivity contribution is 0.414. The molecule has 0 saturated carbocycles. The normalized spacial score (nSPS) is 17.4. The van der Waals surface area contributed by atoms with E-state index in [4.69, 9.17) is 15.5 Å². The molecule has 3 N–H and O–H groups in total. The molecule has 1 unspecified atom stereocenters. The number of nitrogens with two attached hydrogens (primary N) is 1. The number of fused-ring (bicyclic) bond motifs is 3. The van der Waals surface area contributed by atoms with Crippen LogP contribution in [0.3, 0.4) is 0 Å². The molecule has 2 aliphatic rings. The number of aromatic amines is 1. The van der Waals surface area contributed by atoms with Crippen molar-refractivity contribution < 1.29 is 4.74 Å². The summed E-state index contributed by atoms with van der Waals surface area (Å²) in [5.41, 5.74) is 14.3.